The van der Waals surface area contributed by atoms with Gasteiger partial charge in [0.1, 0.15) is 5.70 Å². The molecule has 2 amide bonds. The van der Waals surface area contributed by atoms with Gasteiger partial charge >= 0.3 is 0 Å². The molecule has 0 bridgehead atoms. The minimum atomic E-state index is -0.483. The van der Waals surface area contributed by atoms with Crippen LogP contribution in [0.3, 0.4) is 0 Å². The average Bonchev–Trinajstić information content (AvgIpc) is 2.80. The maximum absolute atomic E-state index is 13.0. The second-order valence-electron chi connectivity index (χ2n) is 6.57. The molecule has 0 unspecified atom stereocenters. The van der Waals surface area contributed by atoms with Crippen LogP contribution in [-0.4, -0.2) is 26.0 Å². The molecule has 158 valence electrons. The highest BCUT2D eigenvalue weighted by molar-refractivity contribution is 6.10. The van der Waals surface area contributed by atoms with Crippen LogP contribution in [-0.2, 0) is 4.79 Å². The van der Waals surface area contributed by atoms with Gasteiger partial charge in [-0.2, -0.15) is 0 Å². The van der Waals surface area contributed by atoms with E-state index in [0.29, 0.717) is 34.0 Å². The lowest BCUT2D eigenvalue weighted by Crippen LogP contribution is -2.30. The third-order valence-corrected chi connectivity index (χ3v) is 4.42. The van der Waals surface area contributed by atoms with E-state index in [1.54, 1.807) is 79.9 Å². The number of hydrogen-bond donors (Lipinski definition) is 3. The van der Waals surface area contributed by atoms with E-state index in [0.717, 1.165) is 0 Å². The van der Waals surface area contributed by atoms with Crippen LogP contribution in [0, 0.1) is 0 Å². The Balaban J connectivity index is 1.92. The summed E-state index contributed by atoms with van der Waals surface area (Å²) >= 11 is 0. The highest BCUT2D eigenvalue weighted by Crippen LogP contribution is 2.28. The van der Waals surface area contributed by atoms with Crippen molar-refractivity contribution in [3.05, 3.63) is 89.6 Å². The van der Waals surface area contributed by atoms with Crippen molar-refractivity contribution in [1.82, 2.24) is 5.32 Å². The van der Waals surface area contributed by atoms with E-state index in [4.69, 9.17) is 15.2 Å². The molecule has 0 saturated carbocycles. The fourth-order valence-electron chi connectivity index (χ4n) is 2.82. The van der Waals surface area contributed by atoms with Gasteiger partial charge in [-0.1, -0.05) is 24.3 Å². The third-order valence-electron chi connectivity index (χ3n) is 4.42. The van der Waals surface area contributed by atoms with Crippen LogP contribution in [0.4, 0.5) is 11.4 Å². The summed E-state index contributed by atoms with van der Waals surface area (Å²) in [7, 11) is 3.07. The Morgan fingerprint density at radius 1 is 0.871 bits per heavy atom. The van der Waals surface area contributed by atoms with Crippen LogP contribution in [0.2, 0.25) is 0 Å². The van der Waals surface area contributed by atoms with Gasteiger partial charge in [0, 0.05) is 16.9 Å². The molecule has 0 radical (unpaired) electrons. The van der Waals surface area contributed by atoms with Crippen molar-refractivity contribution < 1.29 is 19.1 Å². The number of amides is 2. The Morgan fingerprint density at radius 3 is 2.19 bits per heavy atom. The Morgan fingerprint density at radius 2 is 1.55 bits per heavy atom. The summed E-state index contributed by atoms with van der Waals surface area (Å²) in [6, 6.07) is 20.6. The van der Waals surface area contributed by atoms with Crippen molar-refractivity contribution in [1.29, 1.82) is 0 Å². The summed E-state index contributed by atoms with van der Waals surface area (Å²) in [5.74, 6) is 0.174. The number of anilines is 2. The largest absolute Gasteiger partial charge is 0.493 e. The van der Waals surface area contributed by atoms with Gasteiger partial charge in [-0.25, -0.2) is 0 Å². The standard InChI is InChI=1S/C24H23N3O4/c1-30-21-13-8-16(15-22(21)31-2)14-20(27-23(28)17-6-4-3-5-7-17)24(29)26-19-11-9-18(25)10-12-19/h3-15H,25H2,1-2H3,(H,26,29)(H,27,28)/b20-14-. The van der Waals surface area contributed by atoms with Crippen LogP contribution in [0.5, 0.6) is 11.5 Å². The number of methoxy groups -OCH3 is 2. The van der Waals surface area contributed by atoms with Gasteiger partial charge < -0.3 is 25.8 Å². The normalized spacial score (nSPS) is 10.8. The first-order valence-corrected chi connectivity index (χ1v) is 9.47. The number of nitrogens with two attached hydrogens (primary N) is 1. The summed E-state index contributed by atoms with van der Waals surface area (Å²) in [5.41, 5.74) is 7.97. The molecular weight excluding hydrogens is 394 g/mol. The van der Waals surface area contributed by atoms with Gasteiger partial charge in [0.2, 0.25) is 0 Å². The van der Waals surface area contributed by atoms with Gasteiger partial charge in [-0.3, -0.25) is 9.59 Å². The van der Waals surface area contributed by atoms with Crippen LogP contribution in [0.15, 0.2) is 78.5 Å². The number of hydrogen-bond acceptors (Lipinski definition) is 5. The highest BCUT2D eigenvalue weighted by atomic mass is 16.5. The molecule has 0 aliphatic heterocycles. The molecule has 3 aromatic carbocycles. The SMILES string of the molecule is COc1ccc(/C=C(\NC(=O)c2ccccc2)C(=O)Nc2ccc(N)cc2)cc1OC. The molecule has 0 fully saturated rings. The van der Waals surface area contributed by atoms with Gasteiger partial charge in [-0.15, -0.1) is 0 Å². The first-order chi connectivity index (χ1) is 15.0. The van der Waals surface area contributed by atoms with E-state index in [-0.39, 0.29) is 5.70 Å². The first kappa shape index (κ1) is 21.4. The number of benzene rings is 3. The van der Waals surface area contributed by atoms with Gasteiger partial charge in [-0.05, 0) is 60.2 Å². The maximum Gasteiger partial charge on any atom is 0.272 e. The first-order valence-electron chi connectivity index (χ1n) is 9.47. The molecule has 0 aliphatic carbocycles. The monoisotopic (exact) mass is 417 g/mol. The molecule has 7 heteroatoms. The van der Waals surface area contributed by atoms with Crippen molar-refractivity contribution in [2.24, 2.45) is 0 Å². The number of ether oxygens (including phenoxy) is 2. The summed E-state index contributed by atoms with van der Waals surface area (Å²) in [6.07, 6.45) is 1.56. The highest BCUT2D eigenvalue weighted by Gasteiger charge is 2.15. The predicted octanol–water partition coefficient (Wildman–Crippen LogP) is 3.70. The molecule has 0 heterocycles. The second-order valence-corrected chi connectivity index (χ2v) is 6.57. The zero-order valence-corrected chi connectivity index (χ0v) is 17.2. The zero-order valence-electron chi connectivity index (χ0n) is 17.2. The fraction of sp³-hybridized carbons (Fsp3) is 0.0833. The molecule has 0 atom stereocenters. The van der Waals surface area contributed by atoms with E-state index in [2.05, 4.69) is 10.6 Å². The molecule has 31 heavy (non-hydrogen) atoms. The molecule has 3 rings (SSSR count). The summed E-state index contributed by atoms with van der Waals surface area (Å²) < 4.78 is 10.6. The number of carbonyl (C=O) groups excluding carboxylic acids is 2. The van der Waals surface area contributed by atoms with E-state index < -0.39 is 11.8 Å². The molecule has 0 aliphatic rings. The van der Waals surface area contributed by atoms with Crippen LogP contribution >= 0.6 is 0 Å². The number of rotatable bonds is 7. The number of carbonyl (C=O) groups is 2. The molecule has 0 spiro atoms. The third kappa shape index (κ3) is 5.63. The smallest absolute Gasteiger partial charge is 0.272 e. The molecule has 0 saturated heterocycles. The topological polar surface area (TPSA) is 103 Å². The zero-order chi connectivity index (χ0) is 22.2. The van der Waals surface area contributed by atoms with Crippen LogP contribution in [0.25, 0.3) is 6.08 Å². The van der Waals surface area contributed by atoms with E-state index >= 15 is 0 Å². The molecule has 3 aromatic rings. The van der Waals surface area contributed by atoms with Crippen LogP contribution in [0.1, 0.15) is 15.9 Å². The molecule has 4 N–H and O–H groups in total. The minimum Gasteiger partial charge on any atom is -0.493 e. The van der Waals surface area contributed by atoms with Gasteiger partial charge in [0.05, 0.1) is 14.2 Å². The predicted molar refractivity (Wildman–Crippen MR) is 121 cm³/mol. The molecular formula is C24H23N3O4. The summed E-state index contributed by atoms with van der Waals surface area (Å²) in [4.78, 5) is 25.6. The second kappa shape index (κ2) is 9.98. The van der Waals surface area contributed by atoms with Crippen molar-refractivity contribution >= 4 is 29.3 Å². The Hall–Kier alpha value is -4.26. The van der Waals surface area contributed by atoms with Crippen molar-refractivity contribution in [2.45, 2.75) is 0 Å². The summed E-state index contributed by atoms with van der Waals surface area (Å²) in [6.45, 7) is 0. The van der Waals surface area contributed by atoms with E-state index in [1.165, 1.54) is 7.11 Å². The quantitative estimate of drug-likeness (QED) is 0.402. The van der Waals surface area contributed by atoms with Crippen molar-refractivity contribution in [3.63, 3.8) is 0 Å². The lowest BCUT2D eigenvalue weighted by atomic mass is 10.1. The minimum absolute atomic E-state index is 0.0675. The fourth-order valence-corrected chi connectivity index (χ4v) is 2.82. The van der Waals surface area contributed by atoms with Gasteiger partial charge in [0.25, 0.3) is 11.8 Å². The lowest BCUT2D eigenvalue weighted by molar-refractivity contribution is -0.113. The van der Waals surface area contributed by atoms with Crippen molar-refractivity contribution in [2.75, 3.05) is 25.3 Å². The lowest BCUT2D eigenvalue weighted by Gasteiger charge is -2.12. The van der Waals surface area contributed by atoms with Crippen molar-refractivity contribution in [3.8, 4) is 11.5 Å². The Kier molecular flexibility index (Phi) is 6.90. The van der Waals surface area contributed by atoms with E-state index in [1.807, 2.05) is 6.07 Å². The maximum atomic E-state index is 13.0. The number of nitrogen functional groups attached to an aromatic ring is 1. The Bertz CT molecular complexity index is 1090. The molecule has 7 nitrogen and oxygen atoms in total. The van der Waals surface area contributed by atoms with Crippen LogP contribution < -0.4 is 25.8 Å². The van der Waals surface area contributed by atoms with E-state index in [9.17, 15) is 9.59 Å². The van der Waals surface area contributed by atoms with Gasteiger partial charge in [0.15, 0.2) is 11.5 Å². The Labute approximate surface area is 180 Å². The summed E-state index contributed by atoms with van der Waals surface area (Å²) in [5, 5.41) is 5.46. The molecule has 0 aromatic heterocycles. The number of nitrogens with one attached hydrogen (secondary N) is 2. The average molecular weight is 417 g/mol.